The van der Waals surface area contributed by atoms with Crippen molar-refractivity contribution in [3.05, 3.63) is 71.3 Å². The molecule has 0 spiro atoms. The summed E-state index contributed by atoms with van der Waals surface area (Å²) in [5.41, 5.74) is 9.32. The molecule has 3 nitrogen and oxygen atoms in total. The van der Waals surface area contributed by atoms with Crippen LogP contribution in [0, 0.1) is 0 Å². The first-order valence-corrected chi connectivity index (χ1v) is 6.88. The molecule has 3 heteroatoms. The maximum atomic E-state index is 11.7. The molecule has 1 amide bonds. The van der Waals surface area contributed by atoms with E-state index in [1.807, 2.05) is 30.3 Å². The Morgan fingerprint density at radius 3 is 2.40 bits per heavy atom. The van der Waals surface area contributed by atoms with E-state index in [4.69, 9.17) is 5.73 Å². The SMILES string of the molecule is NC(=O)C1Cc2ccccc2CN1Cc1ccccc1. The zero-order valence-corrected chi connectivity index (χ0v) is 11.3. The van der Waals surface area contributed by atoms with Crippen LogP contribution in [0.1, 0.15) is 16.7 Å². The first-order valence-electron chi connectivity index (χ1n) is 6.88. The number of amides is 1. The number of hydrogen-bond acceptors (Lipinski definition) is 2. The van der Waals surface area contributed by atoms with Crippen LogP contribution in [-0.4, -0.2) is 16.8 Å². The molecule has 0 aliphatic carbocycles. The molecule has 0 saturated heterocycles. The Kier molecular flexibility index (Phi) is 3.52. The molecule has 2 aromatic carbocycles. The summed E-state index contributed by atoms with van der Waals surface area (Å²) in [7, 11) is 0. The van der Waals surface area contributed by atoms with Crippen LogP contribution in [0.25, 0.3) is 0 Å². The van der Waals surface area contributed by atoms with Crippen LogP contribution in [0.5, 0.6) is 0 Å². The topological polar surface area (TPSA) is 46.3 Å². The molecule has 1 heterocycles. The number of fused-ring (bicyclic) bond motifs is 1. The van der Waals surface area contributed by atoms with Gasteiger partial charge in [-0.2, -0.15) is 0 Å². The van der Waals surface area contributed by atoms with Gasteiger partial charge in [0.2, 0.25) is 5.91 Å². The minimum absolute atomic E-state index is 0.217. The summed E-state index contributed by atoms with van der Waals surface area (Å²) in [4.78, 5) is 13.9. The summed E-state index contributed by atoms with van der Waals surface area (Å²) < 4.78 is 0. The number of benzene rings is 2. The van der Waals surface area contributed by atoms with Crippen molar-refractivity contribution in [3.8, 4) is 0 Å². The van der Waals surface area contributed by atoms with Crippen molar-refractivity contribution in [2.24, 2.45) is 5.73 Å². The molecule has 3 rings (SSSR count). The molecule has 1 unspecified atom stereocenters. The smallest absolute Gasteiger partial charge is 0.235 e. The highest BCUT2D eigenvalue weighted by molar-refractivity contribution is 5.80. The Hall–Kier alpha value is -2.13. The largest absolute Gasteiger partial charge is 0.368 e. The molecule has 1 aliphatic heterocycles. The minimum atomic E-state index is -0.240. The van der Waals surface area contributed by atoms with E-state index >= 15 is 0 Å². The average Bonchev–Trinajstić information content (AvgIpc) is 2.47. The van der Waals surface area contributed by atoms with Crippen LogP contribution < -0.4 is 5.73 Å². The van der Waals surface area contributed by atoms with Crippen LogP contribution in [0.15, 0.2) is 54.6 Å². The van der Waals surface area contributed by atoms with E-state index in [0.29, 0.717) is 6.42 Å². The van der Waals surface area contributed by atoms with Crippen LogP contribution in [-0.2, 0) is 24.3 Å². The van der Waals surface area contributed by atoms with Gasteiger partial charge in [-0.15, -0.1) is 0 Å². The van der Waals surface area contributed by atoms with Crippen molar-refractivity contribution >= 4 is 5.91 Å². The standard InChI is InChI=1S/C17H18N2O/c18-17(20)16-10-14-8-4-5-9-15(14)12-19(16)11-13-6-2-1-3-7-13/h1-9,16H,10-12H2,(H2,18,20). The van der Waals surface area contributed by atoms with Gasteiger partial charge in [-0.3, -0.25) is 9.69 Å². The summed E-state index contributed by atoms with van der Waals surface area (Å²) in [6.07, 6.45) is 0.707. The number of primary amides is 1. The number of carbonyl (C=O) groups is 1. The van der Waals surface area contributed by atoms with E-state index in [0.717, 1.165) is 13.1 Å². The number of nitrogens with two attached hydrogens (primary N) is 1. The second-order valence-electron chi connectivity index (χ2n) is 5.28. The second kappa shape index (κ2) is 5.47. The highest BCUT2D eigenvalue weighted by Crippen LogP contribution is 2.24. The quantitative estimate of drug-likeness (QED) is 0.924. The molecule has 1 aliphatic rings. The highest BCUT2D eigenvalue weighted by atomic mass is 16.1. The number of nitrogens with zero attached hydrogens (tertiary/aromatic N) is 1. The average molecular weight is 266 g/mol. The van der Waals surface area contributed by atoms with Gasteiger partial charge in [-0.25, -0.2) is 0 Å². The van der Waals surface area contributed by atoms with Gasteiger partial charge in [0.25, 0.3) is 0 Å². The van der Waals surface area contributed by atoms with E-state index in [9.17, 15) is 4.79 Å². The minimum Gasteiger partial charge on any atom is -0.368 e. The van der Waals surface area contributed by atoms with Gasteiger partial charge in [0.1, 0.15) is 0 Å². The zero-order chi connectivity index (χ0) is 13.9. The lowest BCUT2D eigenvalue weighted by Crippen LogP contribution is -2.48. The number of carbonyl (C=O) groups excluding carboxylic acids is 1. The van der Waals surface area contributed by atoms with Crippen LogP contribution in [0.3, 0.4) is 0 Å². The van der Waals surface area contributed by atoms with Gasteiger partial charge >= 0.3 is 0 Å². The predicted octanol–water partition coefficient (Wildman–Crippen LogP) is 2.10. The van der Waals surface area contributed by atoms with Gasteiger partial charge in [0.05, 0.1) is 6.04 Å². The van der Waals surface area contributed by atoms with Gasteiger partial charge in [0, 0.05) is 13.1 Å². The lowest BCUT2D eigenvalue weighted by Gasteiger charge is -2.35. The third-order valence-electron chi connectivity index (χ3n) is 3.90. The predicted molar refractivity (Wildman–Crippen MR) is 78.8 cm³/mol. The molecule has 2 aromatic rings. The second-order valence-corrected chi connectivity index (χ2v) is 5.28. The Morgan fingerprint density at radius 2 is 1.70 bits per heavy atom. The molecule has 1 atom stereocenters. The highest BCUT2D eigenvalue weighted by Gasteiger charge is 2.29. The van der Waals surface area contributed by atoms with E-state index in [-0.39, 0.29) is 11.9 Å². The van der Waals surface area contributed by atoms with Gasteiger partial charge in [-0.05, 0) is 23.1 Å². The molecular formula is C17H18N2O. The van der Waals surface area contributed by atoms with Crippen molar-refractivity contribution < 1.29 is 4.79 Å². The summed E-state index contributed by atoms with van der Waals surface area (Å²) in [5.74, 6) is -0.240. The van der Waals surface area contributed by atoms with Crippen molar-refractivity contribution in [1.29, 1.82) is 0 Å². The maximum absolute atomic E-state index is 11.7. The molecule has 0 saturated carbocycles. The molecule has 0 aromatic heterocycles. The third-order valence-corrected chi connectivity index (χ3v) is 3.90. The molecular weight excluding hydrogens is 248 g/mol. The molecule has 102 valence electrons. The van der Waals surface area contributed by atoms with Crippen LogP contribution in [0.4, 0.5) is 0 Å². The Bertz CT molecular complexity index is 609. The van der Waals surface area contributed by atoms with Crippen LogP contribution in [0.2, 0.25) is 0 Å². The Labute approximate surface area is 119 Å². The Morgan fingerprint density at radius 1 is 1.05 bits per heavy atom. The van der Waals surface area contributed by atoms with Gasteiger partial charge in [0.15, 0.2) is 0 Å². The van der Waals surface area contributed by atoms with E-state index in [1.54, 1.807) is 0 Å². The molecule has 0 bridgehead atoms. The van der Waals surface area contributed by atoms with Gasteiger partial charge in [-0.1, -0.05) is 54.6 Å². The first-order chi connectivity index (χ1) is 9.74. The number of rotatable bonds is 3. The fourth-order valence-corrected chi connectivity index (χ4v) is 2.84. The molecule has 0 fully saturated rings. The Balaban J connectivity index is 1.87. The first kappa shape index (κ1) is 12.9. The van der Waals surface area contributed by atoms with Crippen molar-refractivity contribution in [2.45, 2.75) is 25.6 Å². The summed E-state index contributed by atoms with van der Waals surface area (Å²) in [5, 5.41) is 0. The summed E-state index contributed by atoms with van der Waals surface area (Å²) >= 11 is 0. The van der Waals surface area contributed by atoms with Crippen molar-refractivity contribution in [1.82, 2.24) is 4.90 Å². The fraction of sp³-hybridized carbons (Fsp3) is 0.235. The lowest BCUT2D eigenvalue weighted by atomic mass is 9.93. The van der Waals surface area contributed by atoms with E-state index < -0.39 is 0 Å². The summed E-state index contributed by atoms with van der Waals surface area (Å²) in [6, 6.07) is 18.3. The van der Waals surface area contributed by atoms with Gasteiger partial charge < -0.3 is 5.73 Å². The fourth-order valence-electron chi connectivity index (χ4n) is 2.84. The number of hydrogen-bond donors (Lipinski definition) is 1. The lowest BCUT2D eigenvalue weighted by molar-refractivity contribution is -0.124. The normalized spacial score (nSPS) is 18.5. The van der Waals surface area contributed by atoms with Crippen molar-refractivity contribution in [2.75, 3.05) is 0 Å². The molecule has 2 N–H and O–H groups in total. The third kappa shape index (κ3) is 2.58. The van der Waals surface area contributed by atoms with Crippen LogP contribution >= 0.6 is 0 Å². The van der Waals surface area contributed by atoms with E-state index in [1.165, 1.54) is 16.7 Å². The maximum Gasteiger partial charge on any atom is 0.235 e. The molecule has 0 radical (unpaired) electrons. The van der Waals surface area contributed by atoms with E-state index in [2.05, 4.69) is 29.2 Å². The summed E-state index contributed by atoms with van der Waals surface area (Å²) in [6.45, 7) is 1.53. The molecule has 20 heavy (non-hydrogen) atoms. The zero-order valence-electron chi connectivity index (χ0n) is 11.3. The monoisotopic (exact) mass is 266 g/mol. The van der Waals surface area contributed by atoms with Crippen molar-refractivity contribution in [3.63, 3.8) is 0 Å².